The van der Waals surface area contributed by atoms with Gasteiger partial charge in [-0.05, 0) is 29.6 Å². The van der Waals surface area contributed by atoms with Gasteiger partial charge in [0.15, 0.2) is 0 Å². The molecule has 0 aliphatic heterocycles. The van der Waals surface area contributed by atoms with Gasteiger partial charge < -0.3 is 4.90 Å². The normalized spacial score (nSPS) is 11.9. The van der Waals surface area contributed by atoms with E-state index >= 15 is 0 Å². The van der Waals surface area contributed by atoms with Crippen molar-refractivity contribution < 1.29 is 4.79 Å². The molecule has 1 aromatic rings. The molecular weight excluding hydrogens is 246 g/mol. The molecule has 1 aromatic carbocycles. The van der Waals surface area contributed by atoms with Gasteiger partial charge in [-0.3, -0.25) is 4.79 Å². The van der Waals surface area contributed by atoms with Crippen LogP contribution in [0.1, 0.15) is 52.2 Å². The minimum absolute atomic E-state index is 0.172. The molecule has 0 aliphatic rings. The number of rotatable bonds is 7. The van der Waals surface area contributed by atoms with E-state index < -0.39 is 0 Å². The first-order chi connectivity index (χ1) is 9.36. The Balaban J connectivity index is 2.50. The fourth-order valence-electron chi connectivity index (χ4n) is 2.26. The number of carbonyl (C=O) groups excluding carboxylic acids is 1. The summed E-state index contributed by atoms with van der Waals surface area (Å²) in [6, 6.07) is 8.48. The van der Waals surface area contributed by atoms with E-state index in [1.54, 1.807) is 0 Å². The monoisotopic (exact) mass is 275 g/mol. The third kappa shape index (κ3) is 5.46. The van der Waals surface area contributed by atoms with Crippen LogP contribution in [-0.4, -0.2) is 30.3 Å². The van der Waals surface area contributed by atoms with Crippen LogP contribution in [0.2, 0.25) is 0 Å². The fraction of sp³-hybridized carbons (Fsp3) is 0.611. The first kappa shape index (κ1) is 16.9. The average Bonchev–Trinajstić information content (AvgIpc) is 2.39. The molecule has 0 radical (unpaired) electrons. The molecule has 0 saturated heterocycles. The summed E-state index contributed by atoms with van der Waals surface area (Å²) in [6.45, 7) is 13.8. The molecule has 20 heavy (non-hydrogen) atoms. The zero-order chi connectivity index (χ0) is 15.2. The summed E-state index contributed by atoms with van der Waals surface area (Å²) in [5, 5.41) is 0. The molecule has 0 spiro atoms. The van der Waals surface area contributed by atoms with Gasteiger partial charge in [0.2, 0.25) is 0 Å². The second-order valence-corrected chi connectivity index (χ2v) is 6.44. The zero-order valence-electron chi connectivity index (χ0n) is 13.7. The lowest BCUT2D eigenvalue weighted by Crippen LogP contribution is -2.26. The third-order valence-electron chi connectivity index (χ3n) is 3.82. The predicted octanol–water partition coefficient (Wildman–Crippen LogP) is 3.83. The van der Waals surface area contributed by atoms with E-state index in [2.05, 4.69) is 63.8 Å². The molecule has 0 amide bonds. The molecule has 0 N–H and O–H groups in total. The van der Waals surface area contributed by atoms with Crippen molar-refractivity contribution in [1.82, 2.24) is 4.90 Å². The van der Waals surface area contributed by atoms with Crippen LogP contribution >= 0.6 is 0 Å². The van der Waals surface area contributed by atoms with Crippen molar-refractivity contribution in [2.45, 2.75) is 52.9 Å². The van der Waals surface area contributed by atoms with E-state index in [9.17, 15) is 4.79 Å². The number of ketones is 1. The summed E-state index contributed by atoms with van der Waals surface area (Å²) in [5.41, 5.74) is 2.62. The molecule has 0 heterocycles. The van der Waals surface area contributed by atoms with Crippen LogP contribution in [0.5, 0.6) is 0 Å². The average molecular weight is 275 g/mol. The first-order valence-corrected chi connectivity index (χ1v) is 7.70. The number of carbonyl (C=O) groups is 1. The molecule has 0 fully saturated rings. The van der Waals surface area contributed by atoms with Gasteiger partial charge in [-0.15, -0.1) is 0 Å². The van der Waals surface area contributed by atoms with Gasteiger partial charge in [0, 0.05) is 19.4 Å². The van der Waals surface area contributed by atoms with Crippen molar-refractivity contribution in [1.29, 1.82) is 0 Å². The van der Waals surface area contributed by atoms with Crippen LogP contribution in [0, 0.1) is 0 Å². The third-order valence-corrected chi connectivity index (χ3v) is 3.82. The van der Waals surface area contributed by atoms with Crippen molar-refractivity contribution in [2.75, 3.05) is 19.6 Å². The van der Waals surface area contributed by atoms with Crippen LogP contribution in [0.4, 0.5) is 0 Å². The van der Waals surface area contributed by atoms with Crippen molar-refractivity contribution in [3.05, 3.63) is 35.4 Å². The number of benzene rings is 1. The lowest BCUT2D eigenvalue weighted by atomic mass is 9.86. The molecule has 0 aromatic heterocycles. The van der Waals surface area contributed by atoms with Gasteiger partial charge in [0.25, 0.3) is 0 Å². The molecule has 0 unspecified atom stereocenters. The first-order valence-electron chi connectivity index (χ1n) is 7.70. The molecule has 2 nitrogen and oxygen atoms in total. The van der Waals surface area contributed by atoms with Crippen LogP contribution in [0.25, 0.3) is 0 Å². The maximum Gasteiger partial charge on any atom is 0.138 e. The standard InChI is InChI=1S/C18H29NO/c1-6-19(7-2)13-12-17(20)14-15-8-10-16(11-9-15)18(3,4)5/h8-11H,6-7,12-14H2,1-5H3. The van der Waals surface area contributed by atoms with Crippen molar-refractivity contribution in [2.24, 2.45) is 0 Å². The highest BCUT2D eigenvalue weighted by molar-refractivity contribution is 5.81. The molecule has 0 bridgehead atoms. The fourth-order valence-corrected chi connectivity index (χ4v) is 2.26. The van der Waals surface area contributed by atoms with E-state index in [-0.39, 0.29) is 5.41 Å². The molecule has 0 aliphatic carbocycles. The van der Waals surface area contributed by atoms with Gasteiger partial charge >= 0.3 is 0 Å². The van der Waals surface area contributed by atoms with Crippen LogP contribution in [-0.2, 0) is 16.6 Å². The number of hydrogen-bond donors (Lipinski definition) is 0. The predicted molar refractivity (Wildman–Crippen MR) is 86.3 cm³/mol. The lowest BCUT2D eigenvalue weighted by molar-refractivity contribution is -0.118. The van der Waals surface area contributed by atoms with Gasteiger partial charge in [-0.2, -0.15) is 0 Å². The summed E-state index contributed by atoms with van der Waals surface area (Å²) < 4.78 is 0. The Morgan fingerprint density at radius 2 is 1.60 bits per heavy atom. The van der Waals surface area contributed by atoms with E-state index in [4.69, 9.17) is 0 Å². The number of nitrogens with zero attached hydrogens (tertiary/aromatic N) is 1. The van der Waals surface area contributed by atoms with E-state index in [1.165, 1.54) is 5.56 Å². The van der Waals surface area contributed by atoms with Crippen LogP contribution in [0.3, 0.4) is 0 Å². The van der Waals surface area contributed by atoms with E-state index in [0.29, 0.717) is 18.6 Å². The smallest absolute Gasteiger partial charge is 0.138 e. The van der Waals surface area contributed by atoms with Gasteiger partial charge in [0.1, 0.15) is 5.78 Å². The summed E-state index contributed by atoms with van der Waals surface area (Å²) in [6.07, 6.45) is 1.22. The van der Waals surface area contributed by atoms with Crippen LogP contribution < -0.4 is 0 Å². The zero-order valence-corrected chi connectivity index (χ0v) is 13.7. The highest BCUT2D eigenvalue weighted by atomic mass is 16.1. The van der Waals surface area contributed by atoms with Gasteiger partial charge in [0.05, 0.1) is 0 Å². The molecule has 2 heteroatoms. The maximum atomic E-state index is 12.0. The Kier molecular flexibility index (Phi) is 6.41. The van der Waals surface area contributed by atoms with Gasteiger partial charge in [-0.25, -0.2) is 0 Å². The Bertz CT molecular complexity index is 410. The maximum absolute atomic E-state index is 12.0. The quantitative estimate of drug-likeness (QED) is 0.754. The topological polar surface area (TPSA) is 20.3 Å². The summed E-state index contributed by atoms with van der Waals surface area (Å²) in [5.74, 6) is 0.334. The number of Topliss-reactive ketones (excluding diaryl/α,β-unsaturated/α-hetero) is 1. The minimum atomic E-state index is 0.172. The Morgan fingerprint density at radius 3 is 2.05 bits per heavy atom. The summed E-state index contributed by atoms with van der Waals surface area (Å²) in [4.78, 5) is 14.3. The van der Waals surface area contributed by atoms with Crippen molar-refractivity contribution >= 4 is 5.78 Å². The SMILES string of the molecule is CCN(CC)CCC(=O)Cc1ccc(C(C)(C)C)cc1. The summed E-state index contributed by atoms with van der Waals surface area (Å²) >= 11 is 0. The minimum Gasteiger partial charge on any atom is -0.303 e. The van der Waals surface area contributed by atoms with E-state index in [0.717, 1.165) is 25.2 Å². The highest BCUT2D eigenvalue weighted by Crippen LogP contribution is 2.22. The van der Waals surface area contributed by atoms with E-state index in [1.807, 2.05) is 0 Å². The number of hydrogen-bond acceptors (Lipinski definition) is 2. The summed E-state index contributed by atoms with van der Waals surface area (Å²) in [7, 11) is 0. The Hall–Kier alpha value is -1.15. The molecular formula is C18H29NO. The molecule has 0 saturated carbocycles. The van der Waals surface area contributed by atoms with Crippen LogP contribution in [0.15, 0.2) is 24.3 Å². The lowest BCUT2D eigenvalue weighted by Gasteiger charge is -2.19. The Morgan fingerprint density at radius 1 is 1.05 bits per heavy atom. The molecule has 0 atom stereocenters. The molecule has 112 valence electrons. The second-order valence-electron chi connectivity index (χ2n) is 6.44. The molecule has 1 rings (SSSR count). The largest absolute Gasteiger partial charge is 0.303 e. The van der Waals surface area contributed by atoms with Crippen molar-refractivity contribution in [3.8, 4) is 0 Å². The Labute approximate surface area is 124 Å². The highest BCUT2D eigenvalue weighted by Gasteiger charge is 2.13. The van der Waals surface area contributed by atoms with Crippen molar-refractivity contribution in [3.63, 3.8) is 0 Å². The second kappa shape index (κ2) is 7.58. The van der Waals surface area contributed by atoms with Gasteiger partial charge in [-0.1, -0.05) is 58.9 Å².